The van der Waals surface area contributed by atoms with Crippen molar-refractivity contribution < 1.29 is 19.2 Å². The second kappa shape index (κ2) is 9.02. The molecular formula is C14H18Cl2N2O5. The largest absolute Gasteiger partial charge is 0.382 e. The number of nitro benzene ring substituents is 1. The van der Waals surface area contributed by atoms with E-state index in [-0.39, 0.29) is 12.3 Å². The molecule has 0 saturated carbocycles. The van der Waals surface area contributed by atoms with Crippen LogP contribution in [0.5, 0.6) is 0 Å². The zero-order valence-corrected chi connectivity index (χ0v) is 14.5. The second-order valence-electron chi connectivity index (χ2n) is 4.78. The smallest absolute Gasteiger partial charge is 0.269 e. The molecule has 0 bridgehead atoms. The number of methoxy groups -OCH3 is 2. The van der Waals surface area contributed by atoms with Crippen LogP contribution in [0.3, 0.4) is 0 Å². The molecule has 0 aromatic heterocycles. The summed E-state index contributed by atoms with van der Waals surface area (Å²) in [5, 5.41) is 10.7. The average molecular weight is 365 g/mol. The minimum atomic E-state index is -1.20. The first-order valence-electron chi connectivity index (χ1n) is 6.64. The summed E-state index contributed by atoms with van der Waals surface area (Å²) >= 11 is 11.3. The van der Waals surface area contributed by atoms with Gasteiger partial charge in [0.15, 0.2) is 4.84 Å². The number of hydrogen-bond acceptors (Lipinski definition) is 5. The van der Waals surface area contributed by atoms with Gasteiger partial charge < -0.3 is 14.4 Å². The van der Waals surface area contributed by atoms with E-state index in [1.807, 2.05) is 0 Å². The van der Waals surface area contributed by atoms with E-state index in [9.17, 15) is 14.9 Å². The molecule has 0 N–H and O–H groups in total. The molecule has 2 atom stereocenters. The number of halogens is 2. The summed E-state index contributed by atoms with van der Waals surface area (Å²) in [6, 6.07) is 5.40. The number of non-ortho nitro benzene ring substituents is 1. The lowest BCUT2D eigenvalue weighted by molar-refractivity contribution is -0.384. The Morgan fingerprint density at radius 1 is 1.30 bits per heavy atom. The fourth-order valence-corrected chi connectivity index (χ4v) is 2.50. The van der Waals surface area contributed by atoms with Gasteiger partial charge in [-0.1, -0.05) is 23.2 Å². The van der Waals surface area contributed by atoms with Crippen molar-refractivity contribution in [3.05, 3.63) is 39.9 Å². The highest BCUT2D eigenvalue weighted by molar-refractivity contribution is 6.53. The topological polar surface area (TPSA) is 81.9 Å². The van der Waals surface area contributed by atoms with E-state index in [2.05, 4.69) is 0 Å². The van der Waals surface area contributed by atoms with Crippen LogP contribution in [0.25, 0.3) is 0 Å². The summed E-state index contributed by atoms with van der Waals surface area (Å²) in [6.45, 7) is 0.179. The highest BCUT2D eigenvalue weighted by Crippen LogP contribution is 2.27. The molecule has 0 unspecified atom stereocenters. The molecule has 1 amide bonds. The van der Waals surface area contributed by atoms with Crippen LogP contribution in [0.1, 0.15) is 11.7 Å². The fraction of sp³-hybridized carbons (Fsp3) is 0.500. The first kappa shape index (κ1) is 19.6. The zero-order valence-electron chi connectivity index (χ0n) is 12.9. The molecular weight excluding hydrogens is 347 g/mol. The maximum atomic E-state index is 12.0. The number of ether oxygens (including phenoxy) is 2. The van der Waals surface area contributed by atoms with Gasteiger partial charge in [-0.2, -0.15) is 0 Å². The van der Waals surface area contributed by atoms with Crippen LogP contribution in [0.2, 0.25) is 0 Å². The maximum Gasteiger partial charge on any atom is 0.269 e. The standard InChI is InChI=1S/C14H18Cl2N2O5/c1-17(14(19)13(15)16)11(8-22-2)12(23-3)9-4-6-10(7-5-9)18(20)21/h4-7,11-13H,8H2,1-3H3/t11-,12-/m1/s1. The highest BCUT2D eigenvalue weighted by atomic mass is 35.5. The van der Waals surface area contributed by atoms with Crippen LogP contribution < -0.4 is 0 Å². The van der Waals surface area contributed by atoms with Gasteiger partial charge in [0.2, 0.25) is 0 Å². The summed E-state index contributed by atoms with van der Waals surface area (Å²) in [6.07, 6.45) is -0.559. The van der Waals surface area contributed by atoms with E-state index >= 15 is 0 Å². The number of hydrogen-bond donors (Lipinski definition) is 0. The van der Waals surface area contributed by atoms with Gasteiger partial charge in [0, 0.05) is 33.4 Å². The van der Waals surface area contributed by atoms with Gasteiger partial charge in [-0.3, -0.25) is 14.9 Å². The van der Waals surface area contributed by atoms with Crippen LogP contribution in [0.4, 0.5) is 5.69 Å². The van der Waals surface area contributed by atoms with Crippen LogP contribution in [0, 0.1) is 10.1 Å². The van der Waals surface area contributed by atoms with Gasteiger partial charge in [-0.05, 0) is 17.7 Å². The molecule has 23 heavy (non-hydrogen) atoms. The van der Waals surface area contributed by atoms with Gasteiger partial charge in [-0.15, -0.1) is 0 Å². The normalized spacial score (nSPS) is 13.7. The van der Waals surface area contributed by atoms with Gasteiger partial charge >= 0.3 is 0 Å². The molecule has 9 heteroatoms. The van der Waals surface area contributed by atoms with E-state index in [1.165, 1.54) is 31.3 Å². The minimum absolute atomic E-state index is 0.0297. The quantitative estimate of drug-likeness (QED) is 0.402. The van der Waals surface area contributed by atoms with Crippen LogP contribution >= 0.6 is 23.2 Å². The van der Waals surface area contributed by atoms with E-state index in [0.717, 1.165) is 0 Å². The Balaban J connectivity index is 3.10. The summed E-state index contributed by atoms with van der Waals surface area (Å²) in [5.41, 5.74) is 0.637. The van der Waals surface area contributed by atoms with Crippen molar-refractivity contribution in [1.29, 1.82) is 0 Å². The van der Waals surface area contributed by atoms with Gasteiger partial charge in [0.05, 0.1) is 17.6 Å². The van der Waals surface area contributed by atoms with E-state index in [4.69, 9.17) is 32.7 Å². The molecule has 0 aliphatic rings. The predicted octanol–water partition coefficient (Wildman–Crippen LogP) is 2.56. The molecule has 0 radical (unpaired) electrons. The number of carbonyl (C=O) groups excluding carboxylic acids is 1. The summed E-state index contributed by atoms with van der Waals surface area (Å²) in [4.78, 5) is 22.4. The molecule has 0 fully saturated rings. The Labute approximate surface area is 144 Å². The summed E-state index contributed by atoms with van der Waals surface area (Å²) < 4.78 is 10.6. The average Bonchev–Trinajstić information content (AvgIpc) is 2.53. The number of likely N-dealkylation sites (N-methyl/N-ethyl adjacent to an activating group) is 1. The van der Waals surface area contributed by atoms with Crippen molar-refractivity contribution in [3.63, 3.8) is 0 Å². The number of carbonyl (C=O) groups is 1. The molecule has 1 aromatic rings. The van der Waals surface area contributed by atoms with Crippen molar-refractivity contribution in [1.82, 2.24) is 4.90 Å². The molecule has 0 aliphatic heterocycles. The van der Waals surface area contributed by atoms with Crippen molar-refractivity contribution in [3.8, 4) is 0 Å². The molecule has 1 rings (SSSR count). The SMILES string of the molecule is COC[C@H]([C@H](OC)c1ccc([N+](=O)[O-])cc1)N(C)C(=O)C(Cl)Cl. The number of benzene rings is 1. The molecule has 7 nitrogen and oxygen atoms in total. The molecule has 128 valence electrons. The third-order valence-corrected chi connectivity index (χ3v) is 3.78. The Kier molecular flexibility index (Phi) is 7.70. The maximum absolute atomic E-state index is 12.0. The van der Waals surface area contributed by atoms with Crippen molar-refractivity contribution in [2.24, 2.45) is 0 Å². The highest BCUT2D eigenvalue weighted by Gasteiger charge is 2.32. The third kappa shape index (κ3) is 5.04. The molecule has 0 spiro atoms. The summed E-state index contributed by atoms with van der Waals surface area (Å²) in [7, 11) is 4.51. The molecule has 1 aromatic carbocycles. The first-order chi connectivity index (χ1) is 10.8. The van der Waals surface area contributed by atoms with Crippen LogP contribution in [0.15, 0.2) is 24.3 Å². The lowest BCUT2D eigenvalue weighted by Gasteiger charge is -2.34. The Morgan fingerprint density at radius 2 is 1.87 bits per heavy atom. The fourth-order valence-electron chi connectivity index (χ4n) is 2.19. The van der Waals surface area contributed by atoms with Crippen LogP contribution in [-0.2, 0) is 14.3 Å². The lowest BCUT2D eigenvalue weighted by Crippen LogP contribution is -2.46. The molecule has 0 saturated heterocycles. The number of nitro groups is 1. The monoisotopic (exact) mass is 364 g/mol. The van der Waals surface area contributed by atoms with Gasteiger partial charge in [0.25, 0.3) is 11.6 Å². The molecule has 0 heterocycles. The molecule has 0 aliphatic carbocycles. The van der Waals surface area contributed by atoms with Crippen molar-refractivity contribution in [2.45, 2.75) is 17.0 Å². The van der Waals surface area contributed by atoms with E-state index in [1.54, 1.807) is 19.2 Å². The summed E-state index contributed by atoms with van der Waals surface area (Å²) in [5.74, 6) is -0.487. The predicted molar refractivity (Wildman–Crippen MR) is 86.8 cm³/mol. The second-order valence-corrected chi connectivity index (χ2v) is 5.87. The first-order valence-corrected chi connectivity index (χ1v) is 7.51. The number of alkyl halides is 2. The van der Waals surface area contributed by atoms with E-state index in [0.29, 0.717) is 5.56 Å². The zero-order chi connectivity index (χ0) is 17.6. The van der Waals surface area contributed by atoms with Gasteiger partial charge in [-0.25, -0.2) is 0 Å². The number of rotatable bonds is 8. The van der Waals surface area contributed by atoms with Crippen LogP contribution in [-0.4, -0.2) is 54.5 Å². The number of nitrogens with zero attached hydrogens (tertiary/aromatic N) is 2. The lowest BCUT2D eigenvalue weighted by atomic mass is 10.0. The third-order valence-electron chi connectivity index (χ3n) is 3.41. The van der Waals surface area contributed by atoms with Gasteiger partial charge in [0.1, 0.15) is 6.10 Å². The van der Waals surface area contributed by atoms with Crippen molar-refractivity contribution >= 4 is 34.8 Å². The minimum Gasteiger partial charge on any atom is -0.382 e. The Hall–Kier alpha value is -1.41. The van der Waals surface area contributed by atoms with E-state index < -0.39 is 27.8 Å². The Bertz CT molecular complexity index is 538. The number of amides is 1. The Morgan fingerprint density at radius 3 is 2.26 bits per heavy atom. The van der Waals surface area contributed by atoms with Crippen molar-refractivity contribution in [2.75, 3.05) is 27.9 Å².